The lowest BCUT2D eigenvalue weighted by Crippen LogP contribution is -2.45. The molecule has 1 atom stereocenters. The number of terminal acetylenes is 1. The maximum atomic E-state index is 12.0. The molecule has 1 saturated heterocycles. The number of carboxylic acid groups (broad SMARTS) is 1. The maximum Gasteiger partial charge on any atom is 0.323 e. The largest absolute Gasteiger partial charge is 0.480 e. The number of nitrogens with zero attached hydrogens (tertiary/aromatic N) is 2. The Bertz CT molecular complexity index is 337. The van der Waals surface area contributed by atoms with Gasteiger partial charge in [-0.2, -0.15) is 0 Å². The van der Waals surface area contributed by atoms with Gasteiger partial charge in [0, 0.05) is 20.2 Å². The summed E-state index contributed by atoms with van der Waals surface area (Å²) in [6.07, 6.45) is 5.90. The van der Waals surface area contributed by atoms with E-state index in [0.717, 1.165) is 11.3 Å². The first-order valence-electron chi connectivity index (χ1n) is 5.30. The molecule has 1 unspecified atom stereocenters. The molecule has 6 heteroatoms. The van der Waals surface area contributed by atoms with E-state index in [-0.39, 0.29) is 25.2 Å². The number of urea groups is 1. The van der Waals surface area contributed by atoms with Gasteiger partial charge in [0.25, 0.3) is 0 Å². The molecule has 0 aromatic heterocycles. The smallest absolute Gasteiger partial charge is 0.323 e. The number of amides is 2. The third-order valence-electron chi connectivity index (χ3n) is 2.63. The second-order valence-electron chi connectivity index (χ2n) is 3.83. The summed E-state index contributed by atoms with van der Waals surface area (Å²) in [7, 11) is 1.59. The first-order chi connectivity index (χ1) is 8.08. The molecule has 0 aromatic carbocycles. The molecule has 0 saturated carbocycles. The van der Waals surface area contributed by atoms with E-state index in [2.05, 4.69) is 5.92 Å². The minimum atomic E-state index is -1.07. The summed E-state index contributed by atoms with van der Waals surface area (Å²) >= 11 is 0. The van der Waals surface area contributed by atoms with E-state index in [1.807, 2.05) is 0 Å². The van der Waals surface area contributed by atoms with E-state index in [1.165, 1.54) is 0 Å². The standard InChI is InChI=1S/C11H16N2O4/c1-3-5-12(8-10(14)15)11(16)13-6-4-9(7-13)17-2/h1,9H,4-8H2,2H3,(H,14,15). The van der Waals surface area contributed by atoms with E-state index in [9.17, 15) is 9.59 Å². The Morgan fingerprint density at radius 2 is 2.35 bits per heavy atom. The van der Waals surface area contributed by atoms with Crippen molar-refractivity contribution in [3.8, 4) is 12.3 Å². The lowest BCUT2D eigenvalue weighted by molar-refractivity contribution is -0.137. The number of carboxylic acids is 1. The number of carbonyl (C=O) groups is 2. The SMILES string of the molecule is C#CCN(CC(=O)O)C(=O)N1CCC(OC)C1. The topological polar surface area (TPSA) is 70.1 Å². The molecule has 0 bridgehead atoms. The van der Waals surface area contributed by atoms with Crippen LogP contribution in [0.15, 0.2) is 0 Å². The van der Waals surface area contributed by atoms with Crippen LogP contribution in [0.2, 0.25) is 0 Å². The van der Waals surface area contributed by atoms with Crippen LogP contribution in [0.3, 0.4) is 0 Å². The highest BCUT2D eigenvalue weighted by Gasteiger charge is 2.29. The average Bonchev–Trinajstić information content (AvgIpc) is 2.75. The van der Waals surface area contributed by atoms with Gasteiger partial charge in [0.1, 0.15) is 6.54 Å². The normalized spacial score (nSPS) is 18.8. The van der Waals surface area contributed by atoms with Crippen molar-refractivity contribution in [3.63, 3.8) is 0 Å². The Balaban J connectivity index is 2.59. The van der Waals surface area contributed by atoms with Crippen molar-refractivity contribution in [1.29, 1.82) is 0 Å². The van der Waals surface area contributed by atoms with Gasteiger partial charge in [-0.3, -0.25) is 4.79 Å². The molecular weight excluding hydrogens is 224 g/mol. The number of methoxy groups -OCH3 is 1. The van der Waals surface area contributed by atoms with Crippen LogP contribution in [0.25, 0.3) is 0 Å². The van der Waals surface area contributed by atoms with Crippen molar-refractivity contribution >= 4 is 12.0 Å². The van der Waals surface area contributed by atoms with Crippen molar-refractivity contribution in [3.05, 3.63) is 0 Å². The molecule has 1 fully saturated rings. The second kappa shape index (κ2) is 6.11. The lowest BCUT2D eigenvalue weighted by Gasteiger charge is -2.25. The van der Waals surface area contributed by atoms with Crippen molar-refractivity contribution in [1.82, 2.24) is 9.80 Å². The van der Waals surface area contributed by atoms with Gasteiger partial charge in [-0.1, -0.05) is 5.92 Å². The molecule has 17 heavy (non-hydrogen) atoms. The minimum Gasteiger partial charge on any atom is -0.480 e. The van der Waals surface area contributed by atoms with Gasteiger partial charge in [-0.15, -0.1) is 6.42 Å². The third kappa shape index (κ3) is 3.64. The highest BCUT2D eigenvalue weighted by Crippen LogP contribution is 2.13. The molecule has 1 rings (SSSR count). The molecule has 0 spiro atoms. The highest BCUT2D eigenvalue weighted by molar-refractivity contribution is 5.80. The molecule has 94 valence electrons. The third-order valence-corrected chi connectivity index (χ3v) is 2.63. The van der Waals surface area contributed by atoms with Crippen LogP contribution in [0, 0.1) is 12.3 Å². The molecule has 6 nitrogen and oxygen atoms in total. The predicted molar refractivity (Wildman–Crippen MR) is 60.4 cm³/mol. The predicted octanol–water partition coefficient (Wildman–Crippen LogP) is -0.153. The van der Waals surface area contributed by atoms with Gasteiger partial charge in [0.05, 0.1) is 12.6 Å². The van der Waals surface area contributed by atoms with Gasteiger partial charge >= 0.3 is 12.0 Å². The van der Waals surface area contributed by atoms with E-state index in [0.29, 0.717) is 13.1 Å². The van der Waals surface area contributed by atoms with Crippen LogP contribution in [-0.4, -0.2) is 66.3 Å². The summed E-state index contributed by atoms with van der Waals surface area (Å²) in [6, 6.07) is -0.343. The zero-order valence-corrected chi connectivity index (χ0v) is 9.76. The zero-order valence-electron chi connectivity index (χ0n) is 9.76. The maximum absolute atomic E-state index is 12.0. The number of aliphatic carboxylic acids is 1. The van der Waals surface area contributed by atoms with E-state index < -0.39 is 5.97 Å². The second-order valence-corrected chi connectivity index (χ2v) is 3.83. The fourth-order valence-corrected chi connectivity index (χ4v) is 1.76. The van der Waals surface area contributed by atoms with Crippen molar-refractivity contribution in [2.75, 3.05) is 33.3 Å². The minimum absolute atomic E-state index is 0.000712. The van der Waals surface area contributed by atoms with Crippen molar-refractivity contribution in [2.24, 2.45) is 0 Å². The fourth-order valence-electron chi connectivity index (χ4n) is 1.76. The molecule has 0 radical (unpaired) electrons. The van der Waals surface area contributed by atoms with Crippen LogP contribution < -0.4 is 0 Å². The molecule has 1 aliphatic heterocycles. The zero-order chi connectivity index (χ0) is 12.8. The van der Waals surface area contributed by atoms with Crippen molar-refractivity contribution < 1.29 is 19.4 Å². The summed E-state index contributed by atoms with van der Waals surface area (Å²) < 4.78 is 5.14. The molecule has 1 heterocycles. The number of hydrogen-bond acceptors (Lipinski definition) is 3. The summed E-state index contributed by atoms with van der Waals surface area (Å²) in [6.45, 7) is 0.671. The van der Waals surface area contributed by atoms with Crippen LogP contribution in [0.4, 0.5) is 4.79 Å². The molecule has 1 aliphatic rings. The summed E-state index contributed by atoms with van der Waals surface area (Å²) in [5.74, 6) is 1.21. The van der Waals surface area contributed by atoms with Gasteiger partial charge in [0.2, 0.25) is 0 Å². The van der Waals surface area contributed by atoms with Gasteiger partial charge in [-0.25, -0.2) is 4.79 Å². The number of rotatable bonds is 4. The fraction of sp³-hybridized carbons (Fsp3) is 0.636. The molecule has 2 amide bonds. The monoisotopic (exact) mass is 240 g/mol. The highest BCUT2D eigenvalue weighted by atomic mass is 16.5. The van der Waals surface area contributed by atoms with Crippen LogP contribution in [0.5, 0.6) is 0 Å². The average molecular weight is 240 g/mol. The Labute approximate surface area is 100 Å². The molecular formula is C11H16N2O4. The van der Waals surface area contributed by atoms with E-state index in [1.54, 1.807) is 12.0 Å². The van der Waals surface area contributed by atoms with E-state index >= 15 is 0 Å². The van der Waals surface area contributed by atoms with Crippen LogP contribution in [0.1, 0.15) is 6.42 Å². The van der Waals surface area contributed by atoms with Gasteiger partial charge < -0.3 is 19.6 Å². The first-order valence-corrected chi connectivity index (χ1v) is 5.30. The summed E-state index contributed by atoms with van der Waals surface area (Å²) in [5, 5.41) is 8.69. The van der Waals surface area contributed by atoms with Crippen LogP contribution >= 0.6 is 0 Å². The molecule has 0 aromatic rings. The molecule has 0 aliphatic carbocycles. The Hall–Kier alpha value is -1.74. The van der Waals surface area contributed by atoms with E-state index in [4.69, 9.17) is 16.3 Å². The Kier molecular flexibility index (Phi) is 4.79. The number of carbonyl (C=O) groups excluding carboxylic acids is 1. The van der Waals surface area contributed by atoms with Crippen molar-refractivity contribution in [2.45, 2.75) is 12.5 Å². The van der Waals surface area contributed by atoms with Gasteiger partial charge in [0.15, 0.2) is 0 Å². The van der Waals surface area contributed by atoms with Crippen LogP contribution in [-0.2, 0) is 9.53 Å². The molecule has 1 N–H and O–H groups in total. The number of likely N-dealkylation sites (tertiary alicyclic amines) is 1. The Morgan fingerprint density at radius 3 is 2.82 bits per heavy atom. The summed E-state index contributed by atoms with van der Waals surface area (Å²) in [5.41, 5.74) is 0. The first kappa shape index (κ1) is 13.3. The van der Waals surface area contributed by atoms with Gasteiger partial charge in [-0.05, 0) is 6.42 Å². The lowest BCUT2D eigenvalue weighted by atomic mass is 10.3. The summed E-state index contributed by atoms with van der Waals surface area (Å²) in [4.78, 5) is 25.3. The Morgan fingerprint density at radius 1 is 1.65 bits per heavy atom. The quantitative estimate of drug-likeness (QED) is 0.694. The number of ether oxygens (including phenoxy) is 1. The number of hydrogen-bond donors (Lipinski definition) is 1.